The van der Waals surface area contributed by atoms with Crippen LogP contribution in [0.1, 0.15) is 32.1 Å². The summed E-state index contributed by atoms with van der Waals surface area (Å²) < 4.78 is 0. The van der Waals surface area contributed by atoms with Crippen LogP contribution in [0.25, 0.3) is 0 Å². The van der Waals surface area contributed by atoms with Crippen LogP contribution in [0.2, 0.25) is 0 Å². The van der Waals surface area contributed by atoms with Gasteiger partial charge in [-0.15, -0.1) is 0 Å². The molecule has 0 atom stereocenters. The number of carbonyl (C=O) groups excluding carboxylic acids is 1. The van der Waals surface area contributed by atoms with Gasteiger partial charge in [-0.2, -0.15) is 11.8 Å². The predicted octanol–water partition coefficient (Wildman–Crippen LogP) is 2.50. The molecule has 0 bridgehead atoms. The molecule has 1 heterocycles. The molecular formula is C10H16OS. The summed E-state index contributed by atoms with van der Waals surface area (Å²) in [5, 5.41) is 0. The number of aldehydes is 1. The number of hydrogen-bond acceptors (Lipinski definition) is 2. The van der Waals surface area contributed by atoms with Crippen molar-refractivity contribution >= 4 is 18.0 Å². The first-order valence-electron chi connectivity index (χ1n) is 4.91. The highest BCUT2D eigenvalue weighted by molar-refractivity contribution is 7.99. The van der Waals surface area contributed by atoms with Gasteiger partial charge in [-0.1, -0.05) is 6.42 Å². The summed E-state index contributed by atoms with van der Waals surface area (Å²) in [5.41, 5.74) is 0.115. The third-order valence-electron chi connectivity index (χ3n) is 3.58. The summed E-state index contributed by atoms with van der Waals surface area (Å²) >= 11 is 2.01. The Labute approximate surface area is 78.3 Å². The number of hydrogen-bond donors (Lipinski definition) is 0. The van der Waals surface area contributed by atoms with Crippen molar-refractivity contribution in [2.24, 2.45) is 11.3 Å². The van der Waals surface area contributed by atoms with Gasteiger partial charge in [0.1, 0.15) is 6.29 Å². The minimum absolute atomic E-state index is 0.115. The van der Waals surface area contributed by atoms with E-state index < -0.39 is 0 Å². The average Bonchev–Trinajstić information content (AvgIpc) is 2.03. The Morgan fingerprint density at radius 2 is 1.92 bits per heavy atom. The van der Waals surface area contributed by atoms with E-state index in [1.54, 1.807) is 0 Å². The monoisotopic (exact) mass is 184 g/mol. The maximum Gasteiger partial charge on any atom is 0.126 e. The molecule has 2 aliphatic rings. The number of rotatable bonds is 2. The van der Waals surface area contributed by atoms with Gasteiger partial charge in [0, 0.05) is 5.41 Å². The lowest BCUT2D eigenvalue weighted by Gasteiger charge is -2.43. The lowest BCUT2D eigenvalue weighted by Crippen LogP contribution is -2.39. The van der Waals surface area contributed by atoms with Gasteiger partial charge in [-0.05, 0) is 43.1 Å². The van der Waals surface area contributed by atoms with Crippen molar-refractivity contribution in [1.82, 2.24) is 0 Å². The Morgan fingerprint density at radius 1 is 1.25 bits per heavy atom. The summed E-state index contributed by atoms with van der Waals surface area (Å²) in [5.74, 6) is 3.15. The number of carbonyl (C=O) groups is 1. The van der Waals surface area contributed by atoms with Gasteiger partial charge in [0.15, 0.2) is 0 Å². The standard InChI is InChI=1S/C10H16OS/c11-8-10(9-2-1-3-9)4-6-12-7-5-10/h8-9H,1-7H2. The Morgan fingerprint density at radius 3 is 2.33 bits per heavy atom. The van der Waals surface area contributed by atoms with Crippen LogP contribution >= 0.6 is 11.8 Å². The molecule has 2 heteroatoms. The van der Waals surface area contributed by atoms with E-state index in [0.717, 1.165) is 18.8 Å². The molecule has 12 heavy (non-hydrogen) atoms. The normalized spacial score (nSPS) is 29.3. The van der Waals surface area contributed by atoms with Crippen LogP contribution in [0.5, 0.6) is 0 Å². The molecule has 1 aliphatic carbocycles. The van der Waals surface area contributed by atoms with Gasteiger partial charge in [0.25, 0.3) is 0 Å². The molecule has 1 saturated heterocycles. The van der Waals surface area contributed by atoms with Gasteiger partial charge in [0.05, 0.1) is 0 Å². The molecule has 1 saturated carbocycles. The van der Waals surface area contributed by atoms with Crippen molar-refractivity contribution in [3.05, 3.63) is 0 Å². The third kappa shape index (κ3) is 1.30. The van der Waals surface area contributed by atoms with E-state index in [1.807, 2.05) is 11.8 Å². The topological polar surface area (TPSA) is 17.1 Å². The number of thioether (sulfide) groups is 1. The summed E-state index contributed by atoms with van der Waals surface area (Å²) in [4.78, 5) is 11.1. The fourth-order valence-electron chi connectivity index (χ4n) is 2.36. The summed E-state index contributed by atoms with van der Waals surface area (Å²) in [7, 11) is 0. The molecule has 1 nitrogen and oxygen atoms in total. The maximum absolute atomic E-state index is 11.1. The first-order valence-corrected chi connectivity index (χ1v) is 6.07. The van der Waals surface area contributed by atoms with E-state index in [4.69, 9.17) is 0 Å². The Balaban J connectivity index is 2.05. The molecule has 0 aromatic heterocycles. The van der Waals surface area contributed by atoms with Crippen LogP contribution in [0, 0.1) is 11.3 Å². The summed E-state index contributed by atoms with van der Waals surface area (Å²) in [6.45, 7) is 0. The van der Waals surface area contributed by atoms with Crippen LogP contribution < -0.4 is 0 Å². The van der Waals surface area contributed by atoms with Crippen LogP contribution in [0.3, 0.4) is 0 Å². The zero-order valence-electron chi connectivity index (χ0n) is 7.42. The maximum atomic E-state index is 11.1. The Hall–Kier alpha value is 0.0200. The lowest BCUT2D eigenvalue weighted by atomic mass is 9.63. The van der Waals surface area contributed by atoms with Crippen molar-refractivity contribution < 1.29 is 4.79 Å². The fraction of sp³-hybridized carbons (Fsp3) is 0.900. The van der Waals surface area contributed by atoms with E-state index in [9.17, 15) is 4.79 Å². The van der Waals surface area contributed by atoms with Crippen LogP contribution in [-0.2, 0) is 4.79 Å². The fourth-order valence-corrected chi connectivity index (χ4v) is 3.61. The average molecular weight is 184 g/mol. The van der Waals surface area contributed by atoms with Gasteiger partial charge in [-0.3, -0.25) is 0 Å². The molecular weight excluding hydrogens is 168 g/mol. The minimum atomic E-state index is 0.115. The molecule has 0 aromatic carbocycles. The lowest BCUT2D eigenvalue weighted by molar-refractivity contribution is -0.121. The van der Waals surface area contributed by atoms with Crippen molar-refractivity contribution in [3.63, 3.8) is 0 Å². The van der Waals surface area contributed by atoms with Gasteiger partial charge >= 0.3 is 0 Å². The van der Waals surface area contributed by atoms with Crippen LogP contribution in [0.4, 0.5) is 0 Å². The largest absolute Gasteiger partial charge is 0.303 e. The SMILES string of the molecule is O=CC1(C2CCC2)CCSCC1. The molecule has 0 N–H and O–H groups in total. The molecule has 1 aliphatic heterocycles. The first kappa shape index (κ1) is 8.61. The van der Waals surface area contributed by atoms with E-state index in [2.05, 4.69) is 0 Å². The third-order valence-corrected chi connectivity index (χ3v) is 4.56. The highest BCUT2D eigenvalue weighted by Crippen LogP contribution is 2.48. The zero-order chi connectivity index (χ0) is 8.44. The van der Waals surface area contributed by atoms with Crippen LogP contribution in [-0.4, -0.2) is 17.8 Å². The van der Waals surface area contributed by atoms with E-state index in [-0.39, 0.29) is 5.41 Å². The molecule has 0 unspecified atom stereocenters. The second-order valence-corrected chi connectivity index (χ2v) is 5.32. The second kappa shape index (κ2) is 3.41. The summed E-state index contributed by atoms with van der Waals surface area (Å²) in [6.07, 6.45) is 7.54. The quantitative estimate of drug-likeness (QED) is 0.613. The molecule has 0 amide bonds. The molecule has 68 valence electrons. The minimum Gasteiger partial charge on any atom is -0.303 e. The van der Waals surface area contributed by atoms with Gasteiger partial charge in [0.2, 0.25) is 0 Å². The van der Waals surface area contributed by atoms with Gasteiger partial charge < -0.3 is 4.79 Å². The predicted molar refractivity (Wildman–Crippen MR) is 52.4 cm³/mol. The second-order valence-electron chi connectivity index (χ2n) is 4.09. The van der Waals surface area contributed by atoms with E-state index in [0.29, 0.717) is 0 Å². The van der Waals surface area contributed by atoms with Crippen molar-refractivity contribution in [1.29, 1.82) is 0 Å². The molecule has 2 fully saturated rings. The molecule has 0 radical (unpaired) electrons. The Kier molecular flexibility index (Phi) is 2.44. The molecule has 0 spiro atoms. The Bertz CT molecular complexity index is 169. The summed E-state index contributed by atoms with van der Waals surface area (Å²) in [6, 6.07) is 0. The highest BCUT2D eigenvalue weighted by Gasteiger charge is 2.42. The first-order chi connectivity index (χ1) is 5.87. The smallest absolute Gasteiger partial charge is 0.126 e. The van der Waals surface area contributed by atoms with E-state index in [1.165, 1.54) is 37.1 Å². The van der Waals surface area contributed by atoms with E-state index >= 15 is 0 Å². The van der Waals surface area contributed by atoms with Crippen LogP contribution in [0.15, 0.2) is 0 Å². The zero-order valence-corrected chi connectivity index (χ0v) is 8.24. The highest BCUT2D eigenvalue weighted by atomic mass is 32.2. The van der Waals surface area contributed by atoms with Crippen molar-refractivity contribution in [3.8, 4) is 0 Å². The van der Waals surface area contributed by atoms with Crippen molar-refractivity contribution in [2.75, 3.05) is 11.5 Å². The molecule has 2 rings (SSSR count). The van der Waals surface area contributed by atoms with Crippen molar-refractivity contribution in [2.45, 2.75) is 32.1 Å². The molecule has 0 aromatic rings. The van der Waals surface area contributed by atoms with Gasteiger partial charge in [-0.25, -0.2) is 0 Å².